The second kappa shape index (κ2) is 2.08. The molecule has 0 atom stereocenters. The quantitative estimate of drug-likeness (QED) is 0.525. The van der Waals surface area contributed by atoms with Gasteiger partial charge in [-0.05, 0) is 18.2 Å². The first-order chi connectivity index (χ1) is 5.95. The first-order valence-electron chi connectivity index (χ1n) is 3.64. The Labute approximate surface area is 72.4 Å². The summed E-state index contributed by atoms with van der Waals surface area (Å²) in [6.07, 6.45) is 1.71. The van der Waals surface area contributed by atoms with Crippen LogP contribution < -0.4 is 0 Å². The van der Waals surface area contributed by atoms with E-state index < -0.39 is 0 Å². The summed E-state index contributed by atoms with van der Waals surface area (Å²) >= 11 is 1.62. The normalized spacial score (nSPS) is 11.3. The Morgan fingerprint density at radius 2 is 2.25 bits per heavy atom. The van der Waals surface area contributed by atoms with Crippen LogP contribution in [0, 0.1) is 0 Å². The lowest BCUT2D eigenvalue weighted by atomic mass is 10.2. The highest BCUT2D eigenvalue weighted by molar-refractivity contribution is 7.17. The molecule has 0 radical (unpaired) electrons. The maximum Gasteiger partial charge on any atom is 0.153 e. The molecule has 0 unspecified atom stereocenters. The molecule has 0 spiro atoms. The largest absolute Gasteiger partial charge is 0.463 e. The van der Waals surface area contributed by atoms with Crippen LogP contribution in [0.15, 0.2) is 34.4 Å². The van der Waals surface area contributed by atoms with Gasteiger partial charge in [0.1, 0.15) is 0 Å². The zero-order valence-corrected chi connectivity index (χ0v) is 6.97. The molecule has 3 aromatic rings. The molecule has 0 amide bonds. The summed E-state index contributed by atoms with van der Waals surface area (Å²) in [7, 11) is 0. The molecular weight excluding hydrogens is 170 g/mol. The van der Waals surface area contributed by atoms with Crippen molar-refractivity contribution in [3.63, 3.8) is 0 Å². The fraction of sp³-hybridized carbons (Fsp3) is 0. The van der Waals surface area contributed by atoms with Gasteiger partial charge >= 0.3 is 0 Å². The summed E-state index contributed by atoms with van der Waals surface area (Å²) in [5.74, 6) is 0. The molecule has 3 heteroatoms. The predicted octanol–water partition coefficient (Wildman–Crippen LogP) is 3.04. The van der Waals surface area contributed by atoms with Crippen LogP contribution in [0.25, 0.3) is 21.2 Å². The maximum absolute atomic E-state index is 5.36. The average Bonchev–Trinajstić information content (AvgIpc) is 2.71. The Balaban J connectivity index is 2.71. The molecule has 3 rings (SSSR count). The molecule has 1 aromatic carbocycles. The van der Waals surface area contributed by atoms with Crippen molar-refractivity contribution >= 4 is 32.5 Å². The van der Waals surface area contributed by atoms with Crippen LogP contribution in [0.1, 0.15) is 0 Å². The van der Waals surface area contributed by atoms with E-state index in [1.807, 2.05) is 23.7 Å². The first-order valence-corrected chi connectivity index (χ1v) is 4.52. The minimum Gasteiger partial charge on any atom is -0.463 e. The molecule has 0 fully saturated rings. The van der Waals surface area contributed by atoms with Gasteiger partial charge in [0.2, 0.25) is 0 Å². The number of aromatic nitrogens is 1. The standard InChI is InChI=1S/C9H5NOS/c1-2-7-9(12-5-10-7)8-6(1)3-4-11-8/h1-5H. The fourth-order valence-electron chi connectivity index (χ4n) is 1.35. The van der Waals surface area contributed by atoms with Gasteiger partial charge in [-0.2, -0.15) is 0 Å². The number of fused-ring (bicyclic) bond motifs is 3. The molecule has 0 saturated carbocycles. The minimum absolute atomic E-state index is 0.954. The van der Waals surface area contributed by atoms with Crippen molar-refractivity contribution in [2.24, 2.45) is 0 Å². The van der Waals surface area contributed by atoms with Gasteiger partial charge in [-0.25, -0.2) is 4.98 Å². The van der Waals surface area contributed by atoms with Crippen molar-refractivity contribution in [3.05, 3.63) is 30.0 Å². The number of hydrogen-bond acceptors (Lipinski definition) is 3. The lowest BCUT2D eigenvalue weighted by Gasteiger charge is -1.87. The van der Waals surface area contributed by atoms with E-state index in [0.717, 1.165) is 21.2 Å². The summed E-state index contributed by atoms with van der Waals surface area (Å²) in [4.78, 5) is 4.21. The van der Waals surface area contributed by atoms with E-state index in [1.54, 1.807) is 17.6 Å². The number of benzene rings is 1. The van der Waals surface area contributed by atoms with Crippen molar-refractivity contribution in [3.8, 4) is 0 Å². The summed E-state index contributed by atoms with van der Waals surface area (Å²) in [5, 5.41) is 1.15. The maximum atomic E-state index is 5.36. The molecule has 2 aromatic heterocycles. The van der Waals surface area contributed by atoms with Gasteiger partial charge in [0.05, 0.1) is 22.0 Å². The molecule has 0 saturated heterocycles. The Hall–Kier alpha value is -1.35. The van der Waals surface area contributed by atoms with Crippen LogP contribution in [0.4, 0.5) is 0 Å². The van der Waals surface area contributed by atoms with E-state index in [2.05, 4.69) is 4.98 Å². The van der Waals surface area contributed by atoms with E-state index in [9.17, 15) is 0 Å². The van der Waals surface area contributed by atoms with E-state index in [-0.39, 0.29) is 0 Å². The van der Waals surface area contributed by atoms with Crippen molar-refractivity contribution in [1.29, 1.82) is 0 Å². The topological polar surface area (TPSA) is 26.0 Å². The second-order valence-electron chi connectivity index (χ2n) is 2.61. The van der Waals surface area contributed by atoms with E-state index in [1.165, 1.54) is 0 Å². The second-order valence-corrected chi connectivity index (χ2v) is 3.46. The van der Waals surface area contributed by atoms with E-state index >= 15 is 0 Å². The summed E-state index contributed by atoms with van der Waals surface area (Å²) < 4.78 is 6.50. The Morgan fingerprint density at radius 3 is 3.25 bits per heavy atom. The SMILES string of the molecule is c1cc2ccc3ncsc3c2o1. The third-order valence-corrected chi connectivity index (χ3v) is 2.76. The van der Waals surface area contributed by atoms with Crippen molar-refractivity contribution in [1.82, 2.24) is 4.98 Å². The summed E-state index contributed by atoms with van der Waals surface area (Å²) in [6, 6.07) is 6.01. The van der Waals surface area contributed by atoms with Gasteiger partial charge in [0, 0.05) is 5.39 Å². The first kappa shape index (κ1) is 6.20. The number of hydrogen-bond donors (Lipinski definition) is 0. The average molecular weight is 175 g/mol. The highest BCUT2D eigenvalue weighted by Gasteiger charge is 2.04. The Bertz CT molecular complexity index is 488. The van der Waals surface area contributed by atoms with Gasteiger partial charge in [0.15, 0.2) is 5.58 Å². The molecule has 0 aliphatic heterocycles. The van der Waals surface area contributed by atoms with Crippen LogP contribution in [0.5, 0.6) is 0 Å². The fourth-order valence-corrected chi connectivity index (χ4v) is 2.13. The molecule has 0 aliphatic carbocycles. The number of rotatable bonds is 0. The van der Waals surface area contributed by atoms with Gasteiger partial charge in [0.25, 0.3) is 0 Å². The Morgan fingerprint density at radius 1 is 1.25 bits per heavy atom. The summed E-state index contributed by atoms with van der Waals surface area (Å²) in [6.45, 7) is 0. The molecule has 0 N–H and O–H groups in total. The van der Waals surface area contributed by atoms with E-state index in [4.69, 9.17) is 4.42 Å². The van der Waals surface area contributed by atoms with Gasteiger partial charge in [-0.1, -0.05) is 0 Å². The lowest BCUT2D eigenvalue weighted by molar-refractivity contribution is 0.619. The van der Waals surface area contributed by atoms with Crippen LogP contribution in [0.2, 0.25) is 0 Å². The summed E-state index contributed by atoms with van der Waals surface area (Å²) in [5.41, 5.74) is 3.81. The van der Waals surface area contributed by atoms with Crippen molar-refractivity contribution in [2.75, 3.05) is 0 Å². The zero-order valence-electron chi connectivity index (χ0n) is 6.15. The van der Waals surface area contributed by atoms with Crippen LogP contribution in [-0.4, -0.2) is 4.98 Å². The molecular formula is C9H5NOS. The van der Waals surface area contributed by atoms with Gasteiger partial charge in [-0.3, -0.25) is 0 Å². The zero-order chi connectivity index (χ0) is 7.97. The highest BCUT2D eigenvalue weighted by atomic mass is 32.1. The highest BCUT2D eigenvalue weighted by Crippen LogP contribution is 2.28. The molecule has 0 bridgehead atoms. The molecule has 2 heterocycles. The molecule has 0 aliphatic rings. The van der Waals surface area contributed by atoms with Crippen LogP contribution >= 0.6 is 11.3 Å². The minimum atomic E-state index is 0.954. The van der Waals surface area contributed by atoms with Crippen LogP contribution in [0.3, 0.4) is 0 Å². The van der Waals surface area contributed by atoms with Crippen LogP contribution in [-0.2, 0) is 0 Å². The molecule has 2 nitrogen and oxygen atoms in total. The third-order valence-electron chi connectivity index (χ3n) is 1.92. The van der Waals surface area contributed by atoms with Crippen molar-refractivity contribution < 1.29 is 4.42 Å². The predicted molar refractivity (Wildman–Crippen MR) is 49.4 cm³/mol. The number of furan rings is 1. The lowest BCUT2D eigenvalue weighted by Crippen LogP contribution is -1.66. The monoisotopic (exact) mass is 175 g/mol. The van der Waals surface area contributed by atoms with Crippen molar-refractivity contribution in [2.45, 2.75) is 0 Å². The molecule has 12 heavy (non-hydrogen) atoms. The third kappa shape index (κ3) is 0.662. The van der Waals surface area contributed by atoms with E-state index in [0.29, 0.717) is 0 Å². The number of nitrogens with zero attached hydrogens (tertiary/aromatic N) is 1. The smallest absolute Gasteiger partial charge is 0.153 e. The Kier molecular flexibility index (Phi) is 1.07. The van der Waals surface area contributed by atoms with Gasteiger partial charge in [-0.15, -0.1) is 11.3 Å². The number of thiazole rings is 1. The van der Waals surface area contributed by atoms with Gasteiger partial charge < -0.3 is 4.42 Å². The molecule has 58 valence electrons.